The molecule has 2 aromatic carbocycles. The highest BCUT2D eigenvalue weighted by Gasteiger charge is 2.09. The van der Waals surface area contributed by atoms with E-state index in [9.17, 15) is 8.42 Å². The second-order valence-corrected chi connectivity index (χ2v) is 5.00. The highest BCUT2D eigenvalue weighted by molar-refractivity contribution is 7.85. The third-order valence-corrected chi connectivity index (χ3v) is 3.24. The molecule has 0 aliphatic heterocycles. The Kier molecular flexibility index (Phi) is 3.04. The van der Waals surface area contributed by atoms with E-state index in [4.69, 9.17) is 9.29 Å². The maximum Gasteiger partial charge on any atom is 0.294 e. The van der Waals surface area contributed by atoms with Crippen LogP contribution in [0.5, 0.6) is 5.75 Å². The van der Waals surface area contributed by atoms with Crippen molar-refractivity contribution in [3.05, 3.63) is 36.4 Å². The maximum atomic E-state index is 11.0. The van der Waals surface area contributed by atoms with Crippen LogP contribution in [0.1, 0.15) is 6.92 Å². The van der Waals surface area contributed by atoms with Crippen molar-refractivity contribution in [1.82, 2.24) is 0 Å². The Labute approximate surface area is 99.6 Å². The summed E-state index contributed by atoms with van der Waals surface area (Å²) in [4.78, 5) is -0.112. The van der Waals surface area contributed by atoms with Gasteiger partial charge in [-0.05, 0) is 42.0 Å². The van der Waals surface area contributed by atoms with Crippen molar-refractivity contribution < 1.29 is 17.7 Å². The van der Waals surface area contributed by atoms with Crippen molar-refractivity contribution in [1.29, 1.82) is 0 Å². The van der Waals surface area contributed by atoms with E-state index in [1.165, 1.54) is 12.1 Å². The van der Waals surface area contributed by atoms with Crippen molar-refractivity contribution in [2.75, 3.05) is 6.61 Å². The Hall–Kier alpha value is -1.59. The molecule has 0 heterocycles. The van der Waals surface area contributed by atoms with Gasteiger partial charge in [-0.1, -0.05) is 12.1 Å². The van der Waals surface area contributed by atoms with Crippen LogP contribution < -0.4 is 4.74 Å². The minimum absolute atomic E-state index is 0.112. The first-order valence-electron chi connectivity index (χ1n) is 5.15. The molecular formula is C12H12O4S. The van der Waals surface area contributed by atoms with Crippen LogP contribution in [0.4, 0.5) is 0 Å². The van der Waals surface area contributed by atoms with Gasteiger partial charge in [0, 0.05) is 0 Å². The first kappa shape index (κ1) is 11.9. The average molecular weight is 252 g/mol. The number of benzene rings is 2. The summed E-state index contributed by atoms with van der Waals surface area (Å²) in [5.41, 5.74) is 0. The molecule has 5 heteroatoms. The third-order valence-electron chi connectivity index (χ3n) is 2.39. The molecule has 4 nitrogen and oxygen atoms in total. The molecule has 0 unspecified atom stereocenters. The molecule has 0 bridgehead atoms. The van der Waals surface area contributed by atoms with Gasteiger partial charge in [-0.15, -0.1) is 0 Å². The Morgan fingerprint density at radius 3 is 2.47 bits per heavy atom. The predicted octanol–water partition coefficient (Wildman–Crippen LogP) is 2.49. The summed E-state index contributed by atoms with van der Waals surface area (Å²) in [6.07, 6.45) is 0. The fourth-order valence-corrected chi connectivity index (χ4v) is 2.14. The minimum Gasteiger partial charge on any atom is -0.494 e. The van der Waals surface area contributed by atoms with Gasteiger partial charge in [-0.3, -0.25) is 4.55 Å². The summed E-state index contributed by atoms with van der Waals surface area (Å²) in [7, 11) is -4.16. The predicted molar refractivity (Wildman–Crippen MR) is 64.9 cm³/mol. The zero-order valence-electron chi connectivity index (χ0n) is 9.25. The summed E-state index contributed by atoms with van der Waals surface area (Å²) in [5.74, 6) is 0.674. The van der Waals surface area contributed by atoms with Crippen LogP contribution in [0.15, 0.2) is 41.3 Å². The van der Waals surface area contributed by atoms with E-state index in [-0.39, 0.29) is 4.90 Å². The van der Waals surface area contributed by atoms with E-state index in [1.54, 1.807) is 12.1 Å². The van der Waals surface area contributed by atoms with E-state index in [0.717, 1.165) is 5.39 Å². The fourth-order valence-electron chi connectivity index (χ4n) is 1.62. The van der Waals surface area contributed by atoms with Crippen LogP contribution >= 0.6 is 0 Å². The van der Waals surface area contributed by atoms with Crippen LogP contribution in [0.3, 0.4) is 0 Å². The van der Waals surface area contributed by atoms with Crippen LogP contribution in [-0.2, 0) is 10.1 Å². The number of hydrogen-bond donors (Lipinski definition) is 1. The van der Waals surface area contributed by atoms with Gasteiger partial charge in [0.2, 0.25) is 0 Å². The van der Waals surface area contributed by atoms with E-state index in [0.29, 0.717) is 17.7 Å². The lowest BCUT2D eigenvalue weighted by Gasteiger charge is -2.05. The lowest BCUT2D eigenvalue weighted by molar-refractivity contribution is 0.340. The molecule has 2 aromatic rings. The molecule has 0 aromatic heterocycles. The first-order valence-corrected chi connectivity index (χ1v) is 6.59. The highest BCUT2D eigenvalue weighted by Crippen LogP contribution is 2.23. The molecule has 1 N–H and O–H groups in total. The topological polar surface area (TPSA) is 63.6 Å². The maximum absolute atomic E-state index is 11.0. The molecule has 0 fully saturated rings. The summed E-state index contributed by atoms with van der Waals surface area (Å²) in [6, 6.07) is 9.85. The monoisotopic (exact) mass is 252 g/mol. The van der Waals surface area contributed by atoms with Gasteiger partial charge >= 0.3 is 0 Å². The molecule has 2 rings (SSSR count). The van der Waals surface area contributed by atoms with Crippen LogP contribution in [0, 0.1) is 0 Å². The molecule has 0 atom stereocenters. The van der Waals surface area contributed by atoms with Gasteiger partial charge in [-0.2, -0.15) is 8.42 Å². The van der Waals surface area contributed by atoms with Crippen LogP contribution in [-0.4, -0.2) is 19.6 Å². The smallest absolute Gasteiger partial charge is 0.294 e. The van der Waals surface area contributed by atoms with Gasteiger partial charge in [0.1, 0.15) is 5.75 Å². The van der Waals surface area contributed by atoms with Crippen molar-refractivity contribution >= 4 is 20.9 Å². The van der Waals surface area contributed by atoms with Gasteiger partial charge < -0.3 is 4.74 Å². The molecule has 90 valence electrons. The molecule has 17 heavy (non-hydrogen) atoms. The van der Waals surface area contributed by atoms with E-state index >= 15 is 0 Å². The van der Waals surface area contributed by atoms with Crippen molar-refractivity contribution in [2.45, 2.75) is 11.8 Å². The van der Waals surface area contributed by atoms with Crippen molar-refractivity contribution in [3.8, 4) is 5.75 Å². The fraction of sp³-hybridized carbons (Fsp3) is 0.167. The zero-order chi connectivity index (χ0) is 12.5. The molecular weight excluding hydrogens is 240 g/mol. The highest BCUT2D eigenvalue weighted by atomic mass is 32.2. The lowest BCUT2D eigenvalue weighted by Crippen LogP contribution is -1.97. The van der Waals surface area contributed by atoms with Crippen molar-refractivity contribution in [2.24, 2.45) is 0 Å². The number of hydrogen-bond acceptors (Lipinski definition) is 3. The quantitative estimate of drug-likeness (QED) is 0.852. The summed E-state index contributed by atoms with van der Waals surface area (Å²) in [6.45, 7) is 2.42. The number of ether oxygens (including phenoxy) is 1. The molecule has 0 aliphatic rings. The Morgan fingerprint density at radius 2 is 1.82 bits per heavy atom. The zero-order valence-corrected chi connectivity index (χ0v) is 10.1. The SMILES string of the molecule is CCOc1ccc2ccc(S(=O)(=O)O)cc2c1. The van der Waals surface area contributed by atoms with Gasteiger partial charge in [0.15, 0.2) is 0 Å². The molecule has 0 spiro atoms. The Balaban J connectivity index is 2.58. The average Bonchev–Trinajstić information content (AvgIpc) is 2.27. The third kappa shape index (κ3) is 2.57. The number of rotatable bonds is 3. The Bertz CT molecular complexity index is 647. The van der Waals surface area contributed by atoms with Crippen LogP contribution in [0.25, 0.3) is 10.8 Å². The van der Waals surface area contributed by atoms with Gasteiger partial charge in [0.05, 0.1) is 11.5 Å². The second kappa shape index (κ2) is 4.35. The molecule has 0 saturated heterocycles. The normalized spacial score (nSPS) is 11.6. The summed E-state index contributed by atoms with van der Waals surface area (Å²) in [5, 5.41) is 1.60. The Morgan fingerprint density at radius 1 is 1.12 bits per heavy atom. The lowest BCUT2D eigenvalue weighted by atomic mass is 10.1. The van der Waals surface area contributed by atoms with Crippen molar-refractivity contribution in [3.63, 3.8) is 0 Å². The molecule has 0 saturated carbocycles. The summed E-state index contributed by atoms with van der Waals surface area (Å²) >= 11 is 0. The van der Waals surface area contributed by atoms with Crippen LogP contribution in [0.2, 0.25) is 0 Å². The van der Waals surface area contributed by atoms with E-state index in [2.05, 4.69) is 0 Å². The molecule has 0 amide bonds. The number of fused-ring (bicyclic) bond motifs is 1. The first-order chi connectivity index (χ1) is 8.00. The largest absolute Gasteiger partial charge is 0.494 e. The molecule has 0 radical (unpaired) electrons. The summed E-state index contributed by atoms with van der Waals surface area (Å²) < 4.78 is 36.3. The minimum atomic E-state index is -4.16. The van der Waals surface area contributed by atoms with Gasteiger partial charge in [-0.25, -0.2) is 0 Å². The van der Waals surface area contributed by atoms with E-state index < -0.39 is 10.1 Å². The van der Waals surface area contributed by atoms with E-state index in [1.807, 2.05) is 19.1 Å². The molecule has 0 aliphatic carbocycles. The second-order valence-electron chi connectivity index (χ2n) is 3.58. The van der Waals surface area contributed by atoms with Gasteiger partial charge in [0.25, 0.3) is 10.1 Å². The standard InChI is InChI=1S/C12H12O4S/c1-2-16-11-5-3-9-4-6-12(17(13,14)15)8-10(9)7-11/h3-8H,2H2,1H3,(H,13,14,15).